The summed E-state index contributed by atoms with van der Waals surface area (Å²) in [4.78, 5) is 27.4. The second-order valence-corrected chi connectivity index (χ2v) is 5.89. The van der Waals surface area contributed by atoms with Crippen LogP contribution < -0.4 is 5.32 Å². The molecule has 0 aliphatic carbocycles. The summed E-state index contributed by atoms with van der Waals surface area (Å²) in [6, 6.07) is 12.8. The number of thiophene rings is 1. The number of hydrogen-bond acceptors (Lipinski definition) is 5. The van der Waals surface area contributed by atoms with E-state index < -0.39 is 11.9 Å². The van der Waals surface area contributed by atoms with Crippen molar-refractivity contribution in [2.24, 2.45) is 0 Å². The quantitative estimate of drug-likeness (QED) is 0.748. The third-order valence-corrected chi connectivity index (χ3v) is 4.41. The summed E-state index contributed by atoms with van der Waals surface area (Å²) in [7, 11) is 0. The van der Waals surface area contributed by atoms with Gasteiger partial charge in [-0.25, -0.2) is 4.79 Å². The molecule has 0 aliphatic heterocycles. The number of nitriles is 1. The van der Waals surface area contributed by atoms with Gasteiger partial charge in [-0.2, -0.15) is 5.26 Å². The molecule has 1 amide bonds. The van der Waals surface area contributed by atoms with Crippen molar-refractivity contribution in [2.75, 3.05) is 5.32 Å². The van der Waals surface area contributed by atoms with Crippen LogP contribution in [-0.4, -0.2) is 22.0 Å². The minimum absolute atomic E-state index is 0.0129. The average molecular weight is 349 g/mol. The molecule has 3 aromatic rings. The van der Waals surface area contributed by atoms with Crippen LogP contribution in [0, 0.1) is 11.3 Å². The fourth-order valence-corrected chi connectivity index (χ4v) is 3.24. The van der Waals surface area contributed by atoms with Crippen LogP contribution in [0.25, 0.3) is 11.1 Å². The lowest BCUT2D eigenvalue weighted by Crippen LogP contribution is -2.16. The summed E-state index contributed by atoms with van der Waals surface area (Å²) in [5.41, 5.74) is 1.72. The molecule has 0 saturated carbocycles. The molecule has 3 rings (SSSR count). The number of carbonyl (C=O) groups excluding carboxylic acids is 1. The number of aromatic nitrogens is 1. The van der Waals surface area contributed by atoms with Gasteiger partial charge in [-0.3, -0.25) is 9.78 Å². The summed E-state index contributed by atoms with van der Waals surface area (Å²) in [6.45, 7) is 0. The predicted octanol–water partition coefficient (Wildman–Crippen LogP) is 3.63. The van der Waals surface area contributed by atoms with Crippen molar-refractivity contribution >= 4 is 28.2 Å². The number of hydrogen-bond donors (Lipinski definition) is 2. The highest BCUT2D eigenvalue weighted by atomic mass is 32.1. The van der Waals surface area contributed by atoms with Crippen molar-refractivity contribution in [2.45, 2.75) is 0 Å². The normalized spacial score (nSPS) is 10.0. The molecule has 0 unspecified atom stereocenters. The van der Waals surface area contributed by atoms with E-state index in [1.807, 2.05) is 30.3 Å². The van der Waals surface area contributed by atoms with E-state index in [0.717, 1.165) is 17.3 Å². The van der Waals surface area contributed by atoms with Gasteiger partial charge in [-0.1, -0.05) is 30.3 Å². The maximum atomic E-state index is 12.4. The molecule has 0 bridgehead atoms. The van der Waals surface area contributed by atoms with Gasteiger partial charge in [0.25, 0.3) is 5.91 Å². The number of nitrogens with one attached hydrogen (secondary N) is 1. The van der Waals surface area contributed by atoms with Crippen LogP contribution in [0.15, 0.2) is 54.2 Å². The lowest BCUT2D eigenvalue weighted by molar-refractivity contribution is 0.0692. The van der Waals surface area contributed by atoms with E-state index in [0.29, 0.717) is 10.6 Å². The molecule has 122 valence electrons. The molecule has 0 radical (unpaired) electrons. The standard InChI is InChI=1S/C18H11N3O3S/c19-8-13-15(11-4-2-1-3-5-11)10-25-17(13)21-16(22)12-6-7-20-9-14(12)18(23)24/h1-7,9-10H,(H,21,22)(H,23,24). The number of amides is 1. The van der Waals surface area contributed by atoms with E-state index in [4.69, 9.17) is 5.11 Å². The molecular weight excluding hydrogens is 338 g/mol. The van der Waals surface area contributed by atoms with Crippen LogP contribution >= 0.6 is 11.3 Å². The van der Waals surface area contributed by atoms with Crippen LogP contribution in [0.1, 0.15) is 26.3 Å². The first-order chi connectivity index (χ1) is 12.1. The number of anilines is 1. The highest BCUT2D eigenvalue weighted by molar-refractivity contribution is 7.15. The smallest absolute Gasteiger partial charge is 0.338 e. The van der Waals surface area contributed by atoms with Gasteiger partial charge in [0, 0.05) is 23.3 Å². The largest absolute Gasteiger partial charge is 0.478 e. The van der Waals surface area contributed by atoms with Gasteiger partial charge in [0.1, 0.15) is 11.1 Å². The Balaban J connectivity index is 1.95. The van der Waals surface area contributed by atoms with Crippen molar-refractivity contribution in [3.63, 3.8) is 0 Å². The summed E-state index contributed by atoms with van der Waals surface area (Å²) < 4.78 is 0. The number of pyridine rings is 1. The molecule has 0 fully saturated rings. The number of aromatic carboxylic acids is 1. The van der Waals surface area contributed by atoms with Crippen LogP contribution in [0.4, 0.5) is 5.00 Å². The van der Waals surface area contributed by atoms with E-state index in [1.165, 1.54) is 23.6 Å². The second kappa shape index (κ2) is 6.95. The Labute approximate surface area is 147 Å². The van der Waals surface area contributed by atoms with E-state index in [9.17, 15) is 14.9 Å². The molecule has 7 heteroatoms. The van der Waals surface area contributed by atoms with Crippen molar-refractivity contribution < 1.29 is 14.7 Å². The van der Waals surface area contributed by atoms with Gasteiger partial charge in [-0.15, -0.1) is 11.3 Å². The van der Waals surface area contributed by atoms with E-state index in [2.05, 4.69) is 16.4 Å². The first-order valence-corrected chi connectivity index (χ1v) is 8.05. The fraction of sp³-hybridized carbons (Fsp3) is 0. The number of carboxylic acid groups (broad SMARTS) is 1. The molecular formula is C18H11N3O3S. The highest BCUT2D eigenvalue weighted by Crippen LogP contribution is 2.35. The molecule has 0 aliphatic rings. The van der Waals surface area contributed by atoms with Crippen LogP contribution in [0.2, 0.25) is 0 Å². The highest BCUT2D eigenvalue weighted by Gasteiger charge is 2.20. The summed E-state index contributed by atoms with van der Waals surface area (Å²) in [5, 5.41) is 23.4. The lowest BCUT2D eigenvalue weighted by Gasteiger charge is -2.06. The Morgan fingerprint density at radius 3 is 2.60 bits per heavy atom. The van der Waals surface area contributed by atoms with Crippen molar-refractivity contribution in [1.29, 1.82) is 5.26 Å². The molecule has 25 heavy (non-hydrogen) atoms. The minimum atomic E-state index is -1.24. The molecule has 2 aromatic heterocycles. The second-order valence-electron chi connectivity index (χ2n) is 5.01. The molecule has 0 spiro atoms. The minimum Gasteiger partial charge on any atom is -0.478 e. The van der Waals surface area contributed by atoms with Gasteiger partial charge < -0.3 is 10.4 Å². The average Bonchev–Trinajstić information content (AvgIpc) is 3.04. The van der Waals surface area contributed by atoms with Crippen molar-refractivity contribution in [1.82, 2.24) is 4.98 Å². The number of benzene rings is 1. The van der Waals surface area contributed by atoms with Crippen molar-refractivity contribution in [3.8, 4) is 17.2 Å². The number of carboxylic acids is 1. The zero-order valence-electron chi connectivity index (χ0n) is 12.8. The van der Waals surface area contributed by atoms with Gasteiger partial charge in [0.15, 0.2) is 0 Å². The first-order valence-electron chi connectivity index (χ1n) is 7.17. The SMILES string of the molecule is N#Cc1c(-c2ccccc2)csc1NC(=O)c1ccncc1C(=O)O. The Hall–Kier alpha value is -3.50. The molecule has 1 aromatic carbocycles. The van der Waals surface area contributed by atoms with Crippen molar-refractivity contribution in [3.05, 3.63) is 70.9 Å². The number of rotatable bonds is 4. The van der Waals surface area contributed by atoms with E-state index in [1.54, 1.807) is 5.38 Å². The molecule has 2 heterocycles. The Morgan fingerprint density at radius 1 is 1.16 bits per heavy atom. The van der Waals surface area contributed by atoms with E-state index >= 15 is 0 Å². The topological polar surface area (TPSA) is 103 Å². The van der Waals surface area contributed by atoms with Gasteiger partial charge in [-0.05, 0) is 11.6 Å². The van der Waals surface area contributed by atoms with Gasteiger partial charge >= 0.3 is 5.97 Å². The van der Waals surface area contributed by atoms with E-state index in [-0.39, 0.29) is 11.1 Å². The molecule has 0 saturated heterocycles. The monoisotopic (exact) mass is 349 g/mol. The molecule has 2 N–H and O–H groups in total. The lowest BCUT2D eigenvalue weighted by atomic mass is 10.0. The number of carbonyl (C=O) groups is 2. The predicted molar refractivity (Wildman–Crippen MR) is 93.6 cm³/mol. The first kappa shape index (κ1) is 16.4. The third-order valence-electron chi connectivity index (χ3n) is 3.51. The molecule has 6 nitrogen and oxygen atoms in total. The van der Waals surface area contributed by atoms with Crippen LogP contribution in [0.5, 0.6) is 0 Å². The summed E-state index contributed by atoms with van der Waals surface area (Å²) in [5.74, 6) is -1.84. The van der Waals surface area contributed by atoms with Crippen LogP contribution in [-0.2, 0) is 0 Å². The van der Waals surface area contributed by atoms with Gasteiger partial charge in [0.05, 0.1) is 16.7 Å². The maximum Gasteiger partial charge on any atom is 0.338 e. The zero-order chi connectivity index (χ0) is 17.8. The van der Waals surface area contributed by atoms with Crippen LogP contribution in [0.3, 0.4) is 0 Å². The fourth-order valence-electron chi connectivity index (χ4n) is 2.32. The maximum absolute atomic E-state index is 12.4. The Bertz CT molecular complexity index is 990. The number of nitrogens with zero attached hydrogens (tertiary/aromatic N) is 2. The Morgan fingerprint density at radius 2 is 1.92 bits per heavy atom. The van der Waals surface area contributed by atoms with Gasteiger partial charge in [0.2, 0.25) is 0 Å². The third kappa shape index (κ3) is 3.24. The summed E-state index contributed by atoms with van der Waals surface area (Å²) in [6.07, 6.45) is 2.46. The zero-order valence-corrected chi connectivity index (χ0v) is 13.6. The Kier molecular flexibility index (Phi) is 4.55. The molecule has 0 atom stereocenters. The summed E-state index contributed by atoms with van der Waals surface area (Å²) >= 11 is 1.22.